The number of hydrogen-bond donors (Lipinski definition) is 1. The van der Waals surface area contributed by atoms with Crippen molar-refractivity contribution in [3.05, 3.63) is 16.4 Å². The predicted octanol–water partition coefficient (Wildman–Crippen LogP) is 2.21. The monoisotopic (exact) mass is 259 g/mol. The van der Waals surface area contributed by atoms with Gasteiger partial charge in [-0.15, -0.1) is 0 Å². The zero-order chi connectivity index (χ0) is 10.6. The van der Waals surface area contributed by atoms with Crippen molar-refractivity contribution in [1.82, 2.24) is 15.1 Å². The second-order valence-corrected chi connectivity index (χ2v) is 4.47. The summed E-state index contributed by atoms with van der Waals surface area (Å²) >= 11 is 3.51. The van der Waals surface area contributed by atoms with Crippen LogP contribution in [0.3, 0.4) is 0 Å². The Morgan fingerprint density at radius 2 is 2.29 bits per heavy atom. The molecule has 0 aliphatic rings. The van der Waals surface area contributed by atoms with E-state index in [1.165, 1.54) is 5.69 Å². The third-order valence-corrected chi connectivity index (χ3v) is 2.77. The number of aryl methyl sites for hydroxylation is 1. The van der Waals surface area contributed by atoms with Gasteiger partial charge < -0.3 is 5.32 Å². The lowest BCUT2D eigenvalue weighted by atomic mass is 10.3. The van der Waals surface area contributed by atoms with Crippen LogP contribution in [0.4, 0.5) is 0 Å². The van der Waals surface area contributed by atoms with Crippen LogP contribution >= 0.6 is 15.9 Å². The molecular formula is C10H18BrN3. The highest BCUT2D eigenvalue weighted by Crippen LogP contribution is 2.16. The van der Waals surface area contributed by atoms with Crippen molar-refractivity contribution in [3.8, 4) is 0 Å². The molecule has 0 aromatic carbocycles. The minimum atomic E-state index is 0.548. The topological polar surface area (TPSA) is 29.9 Å². The molecule has 0 bridgehead atoms. The van der Waals surface area contributed by atoms with Gasteiger partial charge in [0.25, 0.3) is 0 Å². The summed E-state index contributed by atoms with van der Waals surface area (Å²) in [6.45, 7) is 8.36. The summed E-state index contributed by atoms with van der Waals surface area (Å²) in [5.41, 5.74) is 1.28. The molecule has 0 aliphatic heterocycles. The summed E-state index contributed by atoms with van der Waals surface area (Å²) in [7, 11) is 0. The molecular weight excluding hydrogens is 242 g/mol. The zero-order valence-corrected chi connectivity index (χ0v) is 10.6. The summed E-state index contributed by atoms with van der Waals surface area (Å²) in [6, 6.07) is 0.548. The average molecular weight is 260 g/mol. The molecule has 1 aromatic rings. The second kappa shape index (κ2) is 5.51. The number of halogens is 1. The summed E-state index contributed by atoms with van der Waals surface area (Å²) < 4.78 is 3.15. The molecule has 1 N–H and O–H groups in total. The maximum Gasteiger partial charge on any atom is 0.0635 e. The van der Waals surface area contributed by atoms with Gasteiger partial charge in [-0.25, -0.2) is 0 Å². The van der Waals surface area contributed by atoms with Crippen molar-refractivity contribution in [2.75, 3.05) is 6.54 Å². The molecule has 1 rings (SSSR count). The summed E-state index contributed by atoms with van der Waals surface area (Å²) in [5, 5.41) is 7.67. The molecule has 80 valence electrons. The third kappa shape index (κ3) is 3.10. The molecule has 0 amide bonds. The lowest BCUT2D eigenvalue weighted by Crippen LogP contribution is -2.25. The Kier molecular flexibility index (Phi) is 4.62. The minimum absolute atomic E-state index is 0.548. The lowest BCUT2D eigenvalue weighted by Gasteiger charge is -2.09. The zero-order valence-electron chi connectivity index (χ0n) is 9.05. The number of nitrogens with one attached hydrogen (secondary N) is 1. The molecule has 0 radical (unpaired) electrons. The normalized spacial score (nSPS) is 11.2. The largest absolute Gasteiger partial charge is 0.314 e. The molecule has 0 fully saturated rings. The van der Waals surface area contributed by atoms with Crippen LogP contribution in [-0.4, -0.2) is 22.4 Å². The van der Waals surface area contributed by atoms with Gasteiger partial charge in [-0.2, -0.15) is 5.10 Å². The molecule has 0 unspecified atom stereocenters. The average Bonchev–Trinajstić information content (AvgIpc) is 2.47. The van der Waals surface area contributed by atoms with Crippen molar-refractivity contribution in [3.63, 3.8) is 0 Å². The van der Waals surface area contributed by atoms with Crippen LogP contribution < -0.4 is 5.32 Å². The molecule has 14 heavy (non-hydrogen) atoms. The van der Waals surface area contributed by atoms with Crippen molar-refractivity contribution in [2.45, 2.75) is 39.8 Å². The van der Waals surface area contributed by atoms with E-state index in [4.69, 9.17) is 0 Å². The lowest BCUT2D eigenvalue weighted by molar-refractivity contribution is 0.560. The van der Waals surface area contributed by atoms with Crippen molar-refractivity contribution >= 4 is 15.9 Å². The Labute approximate surface area is 94.0 Å². The fraction of sp³-hybridized carbons (Fsp3) is 0.700. The Morgan fingerprint density at radius 1 is 1.57 bits per heavy atom. The van der Waals surface area contributed by atoms with Crippen LogP contribution in [0.1, 0.15) is 26.5 Å². The van der Waals surface area contributed by atoms with E-state index < -0.39 is 0 Å². The molecule has 0 saturated carbocycles. The highest BCUT2D eigenvalue weighted by atomic mass is 79.9. The van der Waals surface area contributed by atoms with Crippen LogP contribution in [0.25, 0.3) is 0 Å². The summed E-state index contributed by atoms with van der Waals surface area (Å²) in [4.78, 5) is 0. The number of aromatic nitrogens is 2. The van der Waals surface area contributed by atoms with Gasteiger partial charge in [0.15, 0.2) is 0 Å². The molecule has 0 saturated heterocycles. The third-order valence-electron chi connectivity index (χ3n) is 2.11. The van der Waals surface area contributed by atoms with Gasteiger partial charge in [-0.05, 0) is 22.9 Å². The quantitative estimate of drug-likeness (QED) is 0.879. The van der Waals surface area contributed by atoms with Gasteiger partial charge >= 0.3 is 0 Å². The van der Waals surface area contributed by atoms with Crippen LogP contribution in [0.15, 0.2) is 10.7 Å². The first-order valence-corrected chi connectivity index (χ1v) is 5.88. The first-order valence-electron chi connectivity index (χ1n) is 5.08. The van der Waals surface area contributed by atoms with E-state index in [0.29, 0.717) is 6.04 Å². The van der Waals surface area contributed by atoms with Crippen LogP contribution in [0, 0.1) is 0 Å². The van der Waals surface area contributed by atoms with Gasteiger partial charge in [0.05, 0.1) is 16.4 Å². The Hall–Kier alpha value is -0.350. The maximum absolute atomic E-state index is 4.27. The maximum atomic E-state index is 4.27. The van der Waals surface area contributed by atoms with Crippen molar-refractivity contribution in [2.24, 2.45) is 0 Å². The SMILES string of the molecule is CCn1ncc(Br)c1CCNC(C)C. The van der Waals surface area contributed by atoms with E-state index >= 15 is 0 Å². The van der Waals surface area contributed by atoms with Gasteiger partial charge in [-0.1, -0.05) is 13.8 Å². The standard InChI is InChI=1S/C10H18BrN3/c1-4-14-10(9(11)7-13-14)5-6-12-8(2)3/h7-8,12H,4-6H2,1-3H3. The minimum Gasteiger partial charge on any atom is -0.314 e. The highest BCUT2D eigenvalue weighted by molar-refractivity contribution is 9.10. The molecule has 0 spiro atoms. The van der Waals surface area contributed by atoms with Gasteiger partial charge in [0.1, 0.15) is 0 Å². The van der Waals surface area contributed by atoms with E-state index in [1.807, 2.05) is 10.9 Å². The Balaban J connectivity index is 2.52. The Bertz CT molecular complexity index is 281. The predicted molar refractivity (Wildman–Crippen MR) is 62.4 cm³/mol. The first-order chi connectivity index (χ1) is 6.65. The molecule has 0 atom stereocenters. The molecule has 3 nitrogen and oxygen atoms in total. The van der Waals surface area contributed by atoms with E-state index in [2.05, 4.69) is 47.1 Å². The van der Waals surface area contributed by atoms with E-state index in [0.717, 1.165) is 24.0 Å². The van der Waals surface area contributed by atoms with E-state index in [9.17, 15) is 0 Å². The number of nitrogens with zero attached hydrogens (tertiary/aromatic N) is 2. The van der Waals surface area contributed by atoms with Gasteiger partial charge in [-0.3, -0.25) is 4.68 Å². The molecule has 0 aliphatic carbocycles. The van der Waals surface area contributed by atoms with Crippen LogP contribution in [0.2, 0.25) is 0 Å². The Morgan fingerprint density at radius 3 is 2.86 bits per heavy atom. The first kappa shape index (κ1) is 11.7. The van der Waals surface area contributed by atoms with E-state index in [1.54, 1.807) is 0 Å². The summed E-state index contributed by atoms with van der Waals surface area (Å²) in [6.07, 6.45) is 2.89. The second-order valence-electron chi connectivity index (χ2n) is 3.61. The van der Waals surface area contributed by atoms with Gasteiger partial charge in [0, 0.05) is 25.6 Å². The van der Waals surface area contributed by atoms with Crippen LogP contribution in [-0.2, 0) is 13.0 Å². The summed E-state index contributed by atoms with van der Waals surface area (Å²) in [5.74, 6) is 0. The highest BCUT2D eigenvalue weighted by Gasteiger charge is 2.06. The molecule has 1 heterocycles. The molecule has 1 aromatic heterocycles. The molecule has 4 heteroatoms. The van der Waals surface area contributed by atoms with Crippen molar-refractivity contribution in [1.29, 1.82) is 0 Å². The van der Waals surface area contributed by atoms with E-state index in [-0.39, 0.29) is 0 Å². The number of rotatable bonds is 5. The number of hydrogen-bond acceptors (Lipinski definition) is 2. The van der Waals surface area contributed by atoms with Crippen LogP contribution in [0.5, 0.6) is 0 Å². The van der Waals surface area contributed by atoms with Gasteiger partial charge in [0.2, 0.25) is 0 Å². The smallest absolute Gasteiger partial charge is 0.0635 e. The van der Waals surface area contributed by atoms with Crippen molar-refractivity contribution < 1.29 is 0 Å². The fourth-order valence-corrected chi connectivity index (χ4v) is 1.88. The fourth-order valence-electron chi connectivity index (χ4n) is 1.39.